The van der Waals surface area contributed by atoms with Crippen LogP contribution >= 0.6 is 0 Å². The van der Waals surface area contributed by atoms with Gasteiger partial charge in [0.25, 0.3) is 0 Å². The highest BCUT2D eigenvalue weighted by atomic mass is 16.5. The van der Waals surface area contributed by atoms with Crippen LogP contribution in [0, 0.1) is 0 Å². The van der Waals surface area contributed by atoms with Gasteiger partial charge in [-0.05, 0) is 29.8 Å². The number of hydrogen-bond acceptors (Lipinski definition) is 3. The van der Waals surface area contributed by atoms with E-state index in [2.05, 4.69) is 0 Å². The van der Waals surface area contributed by atoms with Gasteiger partial charge in [0.05, 0.1) is 13.5 Å². The monoisotopic (exact) mass is 324 g/mol. The molecule has 24 heavy (non-hydrogen) atoms. The van der Waals surface area contributed by atoms with E-state index in [9.17, 15) is 9.59 Å². The lowest BCUT2D eigenvalue weighted by atomic mass is 10.1. The van der Waals surface area contributed by atoms with Gasteiger partial charge in [-0.15, -0.1) is 0 Å². The van der Waals surface area contributed by atoms with Gasteiger partial charge >= 0.3 is 0 Å². The first-order chi connectivity index (χ1) is 11.7. The highest BCUT2D eigenvalue weighted by Gasteiger charge is 2.27. The predicted octanol–water partition coefficient (Wildman–Crippen LogP) is 2.11. The average molecular weight is 324 g/mol. The lowest BCUT2D eigenvalue weighted by molar-refractivity contribution is -0.136. The Morgan fingerprint density at radius 1 is 1.04 bits per heavy atom. The molecular formula is C19H20N2O3. The van der Waals surface area contributed by atoms with Gasteiger partial charge in [-0.3, -0.25) is 9.59 Å². The van der Waals surface area contributed by atoms with Crippen molar-refractivity contribution >= 4 is 17.5 Å². The molecule has 0 aliphatic carbocycles. The molecule has 124 valence electrons. The Kier molecular flexibility index (Phi) is 4.79. The van der Waals surface area contributed by atoms with E-state index < -0.39 is 0 Å². The molecule has 2 amide bonds. The maximum Gasteiger partial charge on any atom is 0.246 e. The van der Waals surface area contributed by atoms with Crippen LogP contribution in [0.5, 0.6) is 5.75 Å². The Morgan fingerprint density at radius 2 is 1.75 bits per heavy atom. The number of nitrogens with zero attached hydrogens (tertiary/aromatic N) is 2. The summed E-state index contributed by atoms with van der Waals surface area (Å²) in [6.07, 6.45) is 0.294. The Labute approximate surface area is 141 Å². The lowest BCUT2D eigenvalue weighted by Crippen LogP contribution is -2.52. The Hall–Kier alpha value is -2.82. The van der Waals surface area contributed by atoms with E-state index in [0.717, 1.165) is 17.0 Å². The van der Waals surface area contributed by atoms with Gasteiger partial charge in [0.2, 0.25) is 11.8 Å². The van der Waals surface area contributed by atoms with Crippen molar-refractivity contribution in [2.75, 3.05) is 31.6 Å². The minimum absolute atomic E-state index is 0.0266. The van der Waals surface area contributed by atoms with Crippen LogP contribution in [-0.4, -0.2) is 43.5 Å². The zero-order valence-electron chi connectivity index (χ0n) is 13.6. The van der Waals surface area contributed by atoms with E-state index in [-0.39, 0.29) is 18.4 Å². The van der Waals surface area contributed by atoms with Gasteiger partial charge in [0, 0.05) is 18.8 Å². The number of ether oxygens (including phenoxy) is 1. The fourth-order valence-corrected chi connectivity index (χ4v) is 2.80. The number of benzene rings is 2. The van der Waals surface area contributed by atoms with Crippen molar-refractivity contribution in [3.05, 3.63) is 60.2 Å². The molecule has 0 atom stereocenters. The molecule has 2 aromatic rings. The number of anilines is 1. The van der Waals surface area contributed by atoms with Gasteiger partial charge in [0.15, 0.2) is 0 Å². The molecule has 1 saturated heterocycles. The number of carbonyl (C=O) groups excluding carboxylic acids is 2. The maximum atomic E-state index is 12.4. The standard InChI is InChI=1S/C19H20N2O3/c1-24-17-9-7-15(8-10-17)13-18(22)20-11-12-21(19(23)14-20)16-5-3-2-4-6-16/h2-10H,11-14H2,1H3. The normalized spacial score (nSPS) is 14.6. The van der Waals surface area contributed by atoms with Crippen LogP contribution in [0.2, 0.25) is 0 Å². The molecular weight excluding hydrogens is 304 g/mol. The predicted molar refractivity (Wildman–Crippen MR) is 92.1 cm³/mol. The van der Waals surface area contributed by atoms with Gasteiger partial charge in [-0.2, -0.15) is 0 Å². The lowest BCUT2D eigenvalue weighted by Gasteiger charge is -2.34. The highest BCUT2D eigenvalue weighted by Crippen LogP contribution is 2.18. The van der Waals surface area contributed by atoms with Crippen molar-refractivity contribution in [1.29, 1.82) is 0 Å². The number of amides is 2. The largest absolute Gasteiger partial charge is 0.497 e. The zero-order valence-corrected chi connectivity index (χ0v) is 13.6. The summed E-state index contributed by atoms with van der Waals surface area (Å²) < 4.78 is 5.11. The van der Waals surface area contributed by atoms with Crippen LogP contribution in [0.1, 0.15) is 5.56 Å². The number of carbonyl (C=O) groups is 2. The molecule has 0 spiro atoms. The third kappa shape index (κ3) is 3.56. The first-order valence-electron chi connectivity index (χ1n) is 7.93. The second-order valence-corrected chi connectivity index (χ2v) is 5.72. The van der Waals surface area contributed by atoms with Crippen LogP contribution in [-0.2, 0) is 16.0 Å². The minimum Gasteiger partial charge on any atom is -0.497 e. The molecule has 3 rings (SSSR count). The van der Waals surface area contributed by atoms with E-state index in [1.807, 2.05) is 54.6 Å². The SMILES string of the molecule is COc1ccc(CC(=O)N2CCN(c3ccccc3)C(=O)C2)cc1. The summed E-state index contributed by atoms with van der Waals surface area (Å²) in [4.78, 5) is 28.2. The van der Waals surface area contributed by atoms with Gasteiger partial charge in [0.1, 0.15) is 12.3 Å². The Morgan fingerprint density at radius 3 is 2.38 bits per heavy atom. The number of para-hydroxylation sites is 1. The van der Waals surface area contributed by atoms with E-state index in [1.54, 1.807) is 16.9 Å². The average Bonchev–Trinajstić information content (AvgIpc) is 2.63. The maximum absolute atomic E-state index is 12.4. The third-order valence-corrected chi connectivity index (χ3v) is 4.16. The van der Waals surface area contributed by atoms with E-state index in [4.69, 9.17) is 4.74 Å². The molecule has 0 unspecified atom stereocenters. The van der Waals surface area contributed by atoms with Crippen LogP contribution in [0.3, 0.4) is 0 Å². The minimum atomic E-state index is -0.0458. The second-order valence-electron chi connectivity index (χ2n) is 5.72. The number of hydrogen-bond donors (Lipinski definition) is 0. The van der Waals surface area contributed by atoms with Crippen molar-refractivity contribution in [2.24, 2.45) is 0 Å². The van der Waals surface area contributed by atoms with Crippen molar-refractivity contribution in [2.45, 2.75) is 6.42 Å². The number of methoxy groups -OCH3 is 1. The summed E-state index contributed by atoms with van der Waals surface area (Å²) in [7, 11) is 1.61. The van der Waals surface area contributed by atoms with Crippen LogP contribution in [0.15, 0.2) is 54.6 Å². The Balaban J connectivity index is 1.60. The van der Waals surface area contributed by atoms with Crippen molar-refractivity contribution in [3.63, 3.8) is 0 Å². The molecule has 1 aliphatic heterocycles. The molecule has 0 radical (unpaired) electrons. The van der Waals surface area contributed by atoms with Crippen LogP contribution < -0.4 is 9.64 Å². The Bertz CT molecular complexity index is 713. The molecule has 0 aromatic heterocycles. The molecule has 1 aliphatic rings. The summed E-state index contributed by atoms with van der Waals surface area (Å²) in [6.45, 7) is 1.21. The van der Waals surface area contributed by atoms with E-state index >= 15 is 0 Å². The molecule has 0 saturated carbocycles. The molecule has 0 N–H and O–H groups in total. The summed E-state index contributed by atoms with van der Waals surface area (Å²) in [5.74, 6) is 0.689. The van der Waals surface area contributed by atoms with Crippen molar-refractivity contribution < 1.29 is 14.3 Å². The summed E-state index contributed by atoms with van der Waals surface area (Å²) in [5.41, 5.74) is 1.79. The molecule has 1 heterocycles. The molecule has 5 nitrogen and oxygen atoms in total. The molecule has 5 heteroatoms. The number of rotatable bonds is 4. The van der Waals surface area contributed by atoms with Gasteiger partial charge in [-0.1, -0.05) is 30.3 Å². The van der Waals surface area contributed by atoms with Crippen molar-refractivity contribution in [1.82, 2.24) is 4.90 Å². The van der Waals surface area contributed by atoms with E-state index in [0.29, 0.717) is 19.5 Å². The van der Waals surface area contributed by atoms with Gasteiger partial charge in [-0.25, -0.2) is 0 Å². The summed E-state index contributed by atoms with van der Waals surface area (Å²) >= 11 is 0. The highest BCUT2D eigenvalue weighted by molar-refractivity contribution is 5.98. The quantitative estimate of drug-likeness (QED) is 0.865. The van der Waals surface area contributed by atoms with E-state index in [1.165, 1.54) is 0 Å². The van der Waals surface area contributed by atoms with Gasteiger partial charge < -0.3 is 14.5 Å². The fraction of sp³-hybridized carbons (Fsp3) is 0.263. The number of piperazine rings is 1. The topological polar surface area (TPSA) is 49.9 Å². The van der Waals surface area contributed by atoms with Crippen LogP contribution in [0.25, 0.3) is 0 Å². The second kappa shape index (κ2) is 7.17. The smallest absolute Gasteiger partial charge is 0.246 e. The summed E-state index contributed by atoms with van der Waals surface area (Å²) in [6, 6.07) is 17.0. The first kappa shape index (κ1) is 16.1. The molecule has 0 bridgehead atoms. The summed E-state index contributed by atoms with van der Waals surface area (Å²) in [5, 5.41) is 0. The first-order valence-corrected chi connectivity index (χ1v) is 7.93. The third-order valence-electron chi connectivity index (χ3n) is 4.16. The fourth-order valence-electron chi connectivity index (χ4n) is 2.80. The zero-order chi connectivity index (χ0) is 16.9. The molecule has 1 fully saturated rings. The van der Waals surface area contributed by atoms with Crippen LogP contribution in [0.4, 0.5) is 5.69 Å². The molecule has 2 aromatic carbocycles. The van der Waals surface area contributed by atoms with Crippen molar-refractivity contribution in [3.8, 4) is 5.75 Å².